The van der Waals surface area contributed by atoms with E-state index in [4.69, 9.17) is 0 Å². The number of amides is 1. The molecule has 2 aromatic rings. The smallest absolute Gasteiger partial charge is 0.224 e. The zero-order valence-electron chi connectivity index (χ0n) is 14.1. The van der Waals surface area contributed by atoms with Gasteiger partial charge < -0.3 is 10.4 Å². The quantitative estimate of drug-likeness (QED) is 0.854. The monoisotopic (exact) mass is 332 g/mol. The summed E-state index contributed by atoms with van der Waals surface area (Å²) in [5.74, 6) is 0.00632. The van der Waals surface area contributed by atoms with Crippen molar-refractivity contribution in [2.24, 2.45) is 5.92 Å². The standard InChI is InChI=1S/C18H24N2O2S/c1-12(2)18(4,22)11-19-17(21)9-14-5-7-15(8-6-14)16-10-23-13(3)20-16/h5-8,10,12,22H,9,11H2,1-4H3,(H,19,21). The topological polar surface area (TPSA) is 62.2 Å². The molecule has 0 saturated heterocycles. The predicted molar refractivity (Wildman–Crippen MR) is 94.5 cm³/mol. The first-order valence-electron chi connectivity index (χ1n) is 7.78. The minimum atomic E-state index is -0.887. The van der Waals surface area contributed by atoms with Crippen LogP contribution in [0, 0.1) is 12.8 Å². The van der Waals surface area contributed by atoms with E-state index in [2.05, 4.69) is 10.3 Å². The average molecular weight is 332 g/mol. The van der Waals surface area contributed by atoms with Crippen molar-refractivity contribution >= 4 is 17.2 Å². The average Bonchev–Trinajstić information content (AvgIpc) is 2.92. The summed E-state index contributed by atoms with van der Waals surface area (Å²) in [6, 6.07) is 7.87. The van der Waals surface area contributed by atoms with Crippen LogP contribution in [0.4, 0.5) is 0 Å². The number of aryl methyl sites for hydroxylation is 1. The molecular weight excluding hydrogens is 308 g/mol. The van der Waals surface area contributed by atoms with Gasteiger partial charge in [-0.15, -0.1) is 11.3 Å². The molecule has 124 valence electrons. The number of aliphatic hydroxyl groups is 1. The Morgan fingerprint density at radius 2 is 2.00 bits per heavy atom. The molecule has 0 aliphatic carbocycles. The summed E-state index contributed by atoms with van der Waals surface area (Å²) in [7, 11) is 0. The summed E-state index contributed by atoms with van der Waals surface area (Å²) in [5.41, 5.74) is 2.09. The van der Waals surface area contributed by atoms with Crippen LogP contribution >= 0.6 is 11.3 Å². The Morgan fingerprint density at radius 3 is 2.52 bits per heavy atom. The van der Waals surface area contributed by atoms with Gasteiger partial charge in [0.2, 0.25) is 5.91 Å². The molecule has 5 heteroatoms. The summed E-state index contributed by atoms with van der Waals surface area (Å²) >= 11 is 1.63. The Bertz CT molecular complexity index is 660. The molecule has 1 atom stereocenters. The van der Waals surface area contributed by atoms with Crippen molar-refractivity contribution in [2.45, 2.75) is 39.7 Å². The number of hydrogen-bond acceptors (Lipinski definition) is 4. The number of nitrogens with one attached hydrogen (secondary N) is 1. The van der Waals surface area contributed by atoms with E-state index >= 15 is 0 Å². The van der Waals surface area contributed by atoms with Crippen LogP contribution in [0.25, 0.3) is 11.3 Å². The Balaban J connectivity index is 1.92. The molecule has 2 N–H and O–H groups in total. The number of carbonyl (C=O) groups excluding carboxylic acids is 1. The number of carbonyl (C=O) groups is 1. The second-order valence-electron chi connectivity index (χ2n) is 6.41. The number of benzene rings is 1. The van der Waals surface area contributed by atoms with E-state index in [0.29, 0.717) is 6.42 Å². The van der Waals surface area contributed by atoms with Gasteiger partial charge >= 0.3 is 0 Å². The lowest BCUT2D eigenvalue weighted by molar-refractivity contribution is -0.122. The number of rotatable bonds is 6. The van der Waals surface area contributed by atoms with Crippen molar-refractivity contribution in [1.29, 1.82) is 0 Å². The lowest BCUT2D eigenvalue weighted by Gasteiger charge is -2.27. The van der Waals surface area contributed by atoms with E-state index < -0.39 is 5.60 Å². The molecule has 0 saturated carbocycles. The van der Waals surface area contributed by atoms with Crippen LogP contribution in [0.5, 0.6) is 0 Å². The molecule has 1 aromatic heterocycles. The molecule has 1 amide bonds. The van der Waals surface area contributed by atoms with E-state index in [1.54, 1.807) is 18.3 Å². The Hall–Kier alpha value is -1.72. The van der Waals surface area contributed by atoms with E-state index in [1.165, 1.54) is 0 Å². The molecule has 1 aromatic carbocycles. The molecule has 0 aliphatic rings. The Morgan fingerprint density at radius 1 is 1.35 bits per heavy atom. The molecule has 0 radical (unpaired) electrons. The number of thiazole rings is 1. The van der Waals surface area contributed by atoms with Crippen LogP contribution in [0.3, 0.4) is 0 Å². The summed E-state index contributed by atoms with van der Waals surface area (Å²) < 4.78 is 0. The van der Waals surface area contributed by atoms with Gasteiger partial charge in [0.1, 0.15) is 0 Å². The van der Waals surface area contributed by atoms with Crippen molar-refractivity contribution in [1.82, 2.24) is 10.3 Å². The lowest BCUT2D eigenvalue weighted by Crippen LogP contribution is -2.44. The zero-order chi connectivity index (χ0) is 17.0. The number of nitrogens with zero attached hydrogens (tertiary/aromatic N) is 1. The van der Waals surface area contributed by atoms with E-state index in [0.717, 1.165) is 21.8 Å². The van der Waals surface area contributed by atoms with Crippen LogP contribution in [0.15, 0.2) is 29.6 Å². The third-order valence-corrected chi connectivity index (χ3v) is 4.89. The number of aromatic nitrogens is 1. The van der Waals surface area contributed by atoms with Gasteiger partial charge in [0.05, 0.1) is 22.7 Å². The molecular formula is C18H24N2O2S. The van der Waals surface area contributed by atoms with Gasteiger partial charge in [0.25, 0.3) is 0 Å². The van der Waals surface area contributed by atoms with Gasteiger partial charge in [-0.3, -0.25) is 4.79 Å². The first-order chi connectivity index (χ1) is 10.8. The van der Waals surface area contributed by atoms with Gasteiger partial charge in [0, 0.05) is 17.5 Å². The molecule has 1 heterocycles. The SMILES string of the molecule is Cc1nc(-c2ccc(CC(=O)NCC(C)(O)C(C)C)cc2)cs1. The maximum atomic E-state index is 12.0. The fourth-order valence-corrected chi connectivity index (χ4v) is 2.64. The third-order valence-electron chi connectivity index (χ3n) is 4.12. The van der Waals surface area contributed by atoms with Crippen LogP contribution < -0.4 is 5.32 Å². The first kappa shape index (κ1) is 17.6. The second kappa shape index (κ2) is 7.23. The van der Waals surface area contributed by atoms with Crippen molar-refractivity contribution in [3.05, 3.63) is 40.2 Å². The Labute approximate surface area is 141 Å². The highest BCUT2D eigenvalue weighted by Gasteiger charge is 2.25. The van der Waals surface area contributed by atoms with Gasteiger partial charge in [-0.1, -0.05) is 38.1 Å². The van der Waals surface area contributed by atoms with E-state index in [1.807, 2.05) is 50.4 Å². The first-order valence-corrected chi connectivity index (χ1v) is 8.66. The van der Waals surface area contributed by atoms with Crippen molar-refractivity contribution in [3.8, 4) is 11.3 Å². The highest BCUT2D eigenvalue weighted by molar-refractivity contribution is 7.09. The summed E-state index contributed by atoms with van der Waals surface area (Å²) in [6.07, 6.45) is 0.310. The molecule has 2 rings (SSSR count). The maximum absolute atomic E-state index is 12.0. The zero-order valence-corrected chi connectivity index (χ0v) is 14.9. The summed E-state index contributed by atoms with van der Waals surface area (Å²) in [6.45, 7) is 7.86. The lowest BCUT2D eigenvalue weighted by atomic mass is 9.92. The highest BCUT2D eigenvalue weighted by Crippen LogP contribution is 2.22. The minimum absolute atomic E-state index is 0.0804. The van der Waals surface area contributed by atoms with Crippen molar-refractivity contribution in [3.63, 3.8) is 0 Å². The summed E-state index contributed by atoms with van der Waals surface area (Å²) in [4.78, 5) is 16.5. The van der Waals surface area contributed by atoms with Crippen LogP contribution in [-0.4, -0.2) is 28.1 Å². The second-order valence-corrected chi connectivity index (χ2v) is 7.48. The third kappa shape index (κ3) is 4.88. The molecule has 0 aliphatic heterocycles. The fourth-order valence-electron chi connectivity index (χ4n) is 2.02. The molecule has 1 unspecified atom stereocenters. The Kier molecular flexibility index (Phi) is 5.55. The van der Waals surface area contributed by atoms with Gasteiger partial charge in [-0.25, -0.2) is 4.98 Å². The van der Waals surface area contributed by atoms with E-state index in [-0.39, 0.29) is 18.4 Å². The minimum Gasteiger partial charge on any atom is -0.388 e. The number of hydrogen-bond donors (Lipinski definition) is 2. The van der Waals surface area contributed by atoms with Crippen molar-refractivity contribution in [2.75, 3.05) is 6.54 Å². The van der Waals surface area contributed by atoms with Crippen LogP contribution in [0.1, 0.15) is 31.3 Å². The normalized spacial score (nSPS) is 13.8. The van der Waals surface area contributed by atoms with Crippen molar-refractivity contribution < 1.29 is 9.90 Å². The van der Waals surface area contributed by atoms with Gasteiger partial charge in [-0.05, 0) is 25.3 Å². The van der Waals surface area contributed by atoms with Gasteiger partial charge in [-0.2, -0.15) is 0 Å². The maximum Gasteiger partial charge on any atom is 0.224 e. The van der Waals surface area contributed by atoms with Crippen LogP contribution in [0.2, 0.25) is 0 Å². The predicted octanol–water partition coefficient (Wildman–Crippen LogP) is 3.18. The van der Waals surface area contributed by atoms with E-state index in [9.17, 15) is 9.90 Å². The largest absolute Gasteiger partial charge is 0.388 e. The summed E-state index contributed by atoms with van der Waals surface area (Å²) in [5, 5.41) is 16.0. The molecule has 0 fully saturated rings. The molecule has 0 spiro atoms. The van der Waals surface area contributed by atoms with Gasteiger partial charge in [0.15, 0.2) is 0 Å². The molecule has 0 bridgehead atoms. The highest BCUT2D eigenvalue weighted by atomic mass is 32.1. The fraction of sp³-hybridized carbons (Fsp3) is 0.444. The molecule has 23 heavy (non-hydrogen) atoms. The van der Waals surface area contributed by atoms with Crippen LogP contribution in [-0.2, 0) is 11.2 Å². The molecule has 4 nitrogen and oxygen atoms in total.